The summed E-state index contributed by atoms with van der Waals surface area (Å²) in [7, 11) is 1.98. The van der Waals surface area contributed by atoms with Crippen LogP contribution in [0.15, 0.2) is 48.5 Å². The van der Waals surface area contributed by atoms with E-state index in [1.54, 1.807) is 12.1 Å². The largest absolute Gasteiger partial charge is 0.504 e. The zero-order valence-corrected chi connectivity index (χ0v) is 11.5. The number of benzene rings is 2. The van der Waals surface area contributed by atoms with Gasteiger partial charge in [-0.15, -0.1) is 0 Å². The second kappa shape index (κ2) is 6.82. The number of hydrogen-bond acceptors (Lipinski definition) is 4. The second-order valence-corrected chi connectivity index (χ2v) is 4.72. The molecule has 0 amide bonds. The molecule has 4 heteroatoms. The second-order valence-electron chi connectivity index (χ2n) is 4.72. The maximum atomic E-state index is 9.44. The number of phenols is 2. The van der Waals surface area contributed by atoms with E-state index in [-0.39, 0.29) is 11.5 Å². The van der Waals surface area contributed by atoms with Gasteiger partial charge in [-0.2, -0.15) is 0 Å². The molecule has 0 saturated heterocycles. The fraction of sp³-hybridized carbons (Fsp3) is 0.250. The first kappa shape index (κ1) is 14.2. The molecule has 0 aliphatic heterocycles. The van der Waals surface area contributed by atoms with E-state index < -0.39 is 0 Å². The highest BCUT2D eigenvalue weighted by molar-refractivity contribution is 5.40. The van der Waals surface area contributed by atoms with Gasteiger partial charge >= 0.3 is 0 Å². The first-order valence-electron chi connectivity index (χ1n) is 6.52. The van der Waals surface area contributed by atoms with Gasteiger partial charge < -0.3 is 14.9 Å². The van der Waals surface area contributed by atoms with E-state index in [2.05, 4.69) is 4.90 Å². The lowest BCUT2D eigenvalue weighted by Crippen LogP contribution is -2.23. The molecule has 2 rings (SSSR count). The van der Waals surface area contributed by atoms with E-state index in [1.165, 1.54) is 6.07 Å². The first-order chi connectivity index (χ1) is 9.65. The van der Waals surface area contributed by atoms with Crippen molar-refractivity contribution in [3.05, 3.63) is 54.1 Å². The Bertz CT molecular complexity index is 543. The monoisotopic (exact) mass is 273 g/mol. The zero-order chi connectivity index (χ0) is 14.4. The molecule has 0 bridgehead atoms. The fourth-order valence-corrected chi connectivity index (χ4v) is 1.89. The number of rotatable bonds is 6. The smallest absolute Gasteiger partial charge is 0.157 e. The summed E-state index contributed by atoms with van der Waals surface area (Å²) in [6.45, 7) is 2.06. The topological polar surface area (TPSA) is 52.9 Å². The van der Waals surface area contributed by atoms with Crippen LogP contribution >= 0.6 is 0 Å². The Labute approximate surface area is 118 Å². The van der Waals surface area contributed by atoms with Gasteiger partial charge in [-0.1, -0.05) is 24.3 Å². The van der Waals surface area contributed by atoms with Crippen LogP contribution in [0.25, 0.3) is 0 Å². The van der Waals surface area contributed by atoms with Crippen LogP contribution in [0.3, 0.4) is 0 Å². The van der Waals surface area contributed by atoms with E-state index >= 15 is 0 Å². The minimum atomic E-state index is -0.0937. The van der Waals surface area contributed by atoms with Gasteiger partial charge in [0, 0.05) is 13.1 Å². The van der Waals surface area contributed by atoms with Crippen LogP contribution in [0.2, 0.25) is 0 Å². The molecule has 0 spiro atoms. The number of hydrogen-bond donors (Lipinski definition) is 2. The van der Waals surface area contributed by atoms with Gasteiger partial charge in [-0.05, 0) is 36.9 Å². The predicted octanol–water partition coefficient (Wildman–Crippen LogP) is 2.61. The van der Waals surface area contributed by atoms with Gasteiger partial charge in [0.05, 0.1) is 0 Å². The molecule has 4 nitrogen and oxygen atoms in total. The molecule has 0 unspecified atom stereocenters. The summed E-state index contributed by atoms with van der Waals surface area (Å²) >= 11 is 0. The highest BCUT2D eigenvalue weighted by Crippen LogP contribution is 2.25. The van der Waals surface area contributed by atoms with Gasteiger partial charge in [0.25, 0.3) is 0 Å². The summed E-state index contributed by atoms with van der Waals surface area (Å²) in [6, 6.07) is 14.6. The summed E-state index contributed by atoms with van der Waals surface area (Å²) in [5.74, 6) is 0.684. The molecule has 20 heavy (non-hydrogen) atoms. The van der Waals surface area contributed by atoms with Gasteiger partial charge in [-0.25, -0.2) is 0 Å². The highest BCUT2D eigenvalue weighted by Gasteiger charge is 2.04. The Balaban J connectivity index is 1.77. The third kappa shape index (κ3) is 4.17. The molecule has 0 aromatic heterocycles. The molecule has 0 aliphatic rings. The number of likely N-dealkylation sites (N-methyl/N-ethyl adjacent to an activating group) is 1. The summed E-state index contributed by atoms with van der Waals surface area (Å²) in [6.07, 6.45) is 0. The molecule has 0 heterocycles. The third-order valence-corrected chi connectivity index (χ3v) is 2.98. The Morgan fingerprint density at radius 3 is 2.45 bits per heavy atom. The number of aromatic hydroxyl groups is 2. The molecule has 2 aromatic carbocycles. The van der Waals surface area contributed by atoms with Crippen molar-refractivity contribution in [1.82, 2.24) is 4.90 Å². The molecule has 0 fully saturated rings. The molecular formula is C16H19NO3. The fourth-order valence-electron chi connectivity index (χ4n) is 1.89. The van der Waals surface area contributed by atoms with Gasteiger partial charge in [-0.3, -0.25) is 4.90 Å². The summed E-state index contributed by atoms with van der Waals surface area (Å²) in [5, 5.41) is 18.7. The molecule has 0 saturated carbocycles. The lowest BCUT2D eigenvalue weighted by Gasteiger charge is -2.17. The molecule has 106 valence electrons. The lowest BCUT2D eigenvalue weighted by atomic mass is 10.2. The first-order valence-corrected chi connectivity index (χ1v) is 6.52. The van der Waals surface area contributed by atoms with E-state index in [1.807, 2.05) is 37.4 Å². The van der Waals surface area contributed by atoms with Crippen LogP contribution in [0.1, 0.15) is 5.56 Å². The van der Waals surface area contributed by atoms with Gasteiger partial charge in [0.1, 0.15) is 12.4 Å². The Hall–Kier alpha value is -2.20. The number of phenolic OH excluding ortho intramolecular Hbond substituents is 2. The van der Waals surface area contributed by atoms with Crippen molar-refractivity contribution in [3.8, 4) is 17.2 Å². The van der Waals surface area contributed by atoms with E-state index in [4.69, 9.17) is 4.74 Å². The van der Waals surface area contributed by atoms with Crippen LogP contribution in [0, 0.1) is 0 Å². The molecule has 0 atom stereocenters. The van der Waals surface area contributed by atoms with Crippen molar-refractivity contribution in [3.63, 3.8) is 0 Å². The maximum Gasteiger partial charge on any atom is 0.157 e. The summed E-state index contributed by atoms with van der Waals surface area (Å²) in [4.78, 5) is 2.09. The average molecular weight is 273 g/mol. The van der Waals surface area contributed by atoms with E-state index in [0.717, 1.165) is 17.9 Å². The van der Waals surface area contributed by atoms with Gasteiger partial charge in [0.15, 0.2) is 11.5 Å². The van der Waals surface area contributed by atoms with Crippen LogP contribution in [0.5, 0.6) is 17.2 Å². The minimum Gasteiger partial charge on any atom is -0.504 e. The summed E-state index contributed by atoms with van der Waals surface area (Å²) < 4.78 is 5.63. The Kier molecular flexibility index (Phi) is 4.85. The van der Waals surface area contributed by atoms with Crippen LogP contribution in [0.4, 0.5) is 0 Å². The molecule has 0 aliphatic carbocycles. The van der Waals surface area contributed by atoms with Crippen molar-refractivity contribution in [2.24, 2.45) is 0 Å². The standard InChI is InChI=1S/C16H19NO3/c1-17(9-10-20-14-5-3-2-4-6-14)12-13-7-8-15(18)16(19)11-13/h2-8,11,18-19H,9-10,12H2,1H3. The van der Waals surface area contributed by atoms with Crippen molar-refractivity contribution in [1.29, 1.82) is 0 Å². The molecule has 0 radical (unpaired) electrons. The van der Waals surface area contributed by atoms with Crippen molar-refractivity contribution in [2.75, 3.05) is 20.2 Å². The summed E-state index contributed by atoms with van der Waals surface area (Å²) in [5.41, 5.74) is 0.947. The predicted molar refractivity (Wildman–Crippen MR) is 78.0 cm³/mol. The van der Waals surface area contributed by atoms with E-state index in [0.29, 0.717) is 13.2 Å². The van der Waals surface area contributed by atoms with Crippen molar-refractivity contribution >= 4 is 0 Å². The normalized spacial score (nSPS) is 10.7. The van der Waals surface area contributed by atoms with Crippen LogP contribution in [-0.2, 0) is 6.54 Å². The zero-order valence-electron chi connectivity index (χ0n) is 11.5. The SMILES string of the molecule is CN(CCOc1ccccc1)Cc1ccc(O)c(O)c1. The molecule has 2 N–H and O–H groups in total. The molecule has 2 aromatic rings. The highest BCUT2D eigenvalue weighted by atomic mass is 16.5. The maximum absolute atomic E-state index is 9.44. The quantitative estimate of drug-likeness (QED) is 0.794. The van der Waals surface area contributed by atoms with Crippen LogP contribution < -0.4 is 4.74 Å². The third-order valence-electron chi connectivity index (χ3n) is 2.98. The number of nitrogens with zero attached hydrogens (tertiary/aromatic N) is 1. The Morgan fingerprint density at radius 1 is 1.00 bits per heavy atom. The lowest BCUT2D eigenvalue weighted by molar-refractivity contribution is 0.232. The Morgan fingerprint density at radius 2 is 1.75 bits per heavy atom. The van der Waals surface area contributed by atoms with E-state index in [9.17, 15) is 10.2 Å². The number of para-hydroxylation sites is 1. The van der Waals surface area contributed by atoms with Crippen LogP contribution in [-0.4, -0.2) is 35.3 Å². The minimum absolute atomic E-state index is 0.0866. The average Bonchev–Trinajstić information content (AvgIpc) is 2.44. The van der Waals surface area contributed by atoms with Gasteiger partial charge in [0.2, 0.25) is 0 Å². The van der Waals surface area contributed by atoms with Crippen molar-refractivity contribution in [2.45, 2.75) is 6.54 Å². The van der Waals surface area contributed by atoms with Crippen molar-refractivity contribution < 1.29 is 14.9 Å². The number of ether oxygens (including phenoxy) is 1. The molecular weight excluding hydrogens is 254 g/mol.